The third-order valence-corrected chi connectivity index (χ3v) is 5.44. The van der Waals surface area contributed by atoms with Crippen LogP contribution in [0.4, 0.5) is 5.69 Å². The number of aliphatic hydroxyl groups excluding tert-OH is 1. The van der Waals surface area contributed by atoms with Gasteiger partial charge in [-0.3, -0.25) is 0 Å². The number of carbonyl (C=O) groups is 1. The molecule has 2 N–H and O–H groups in total. The fraction of sp³-hybridized carbons (Fsp3) is 0.688. The Labute approximate surface area is 130 Å². The van der Waals surface area contributed by atoms with Crippen LogP contribution in [0.25, 0.3) is 0 Å². The summed E-state index contributed by atoms with van der Waals surface area (Å²) in [6, 6.07) is 2.39. The van der Waals surface area contributed by atoms with Gasteiger partial charge in [0.2, 0.25) is 0 Å². The fourth-order valence-corrected chi connectivity index (χ4v) is 3.65. The van der Waals surface area contributed by atoms with Gasteiger partial charge in [-0.15, -0.1) is 11.3 Å². The molecule has 0 unspecified atom stereocenters. The number of carbonyl (C=O) groups excluding carboxylic acids is 1. The zero-order valence-electron chi connectivity index (χ0n) is 13.2. The van der Waals surface area contributed by atoms with Gasteiger partial charge in [-0.25, -0.2) is 4.79 Å². The quantitative estimate of drug-likeness (QED) is 0.838. The predicted octanol–water partition coefficient (Wildman–Crippen LogP) is 3.55. The van der Waals surface area contributed by atoms with E-state index in [4.69, 9.17) is 4.74 Å². The monoisotopic (exact) mass is 311 g/mol. The molecule has 0 aliphatic heterocycles. The largest absolute Gasteiger partial charge is 0.465 e. The molecule has 5 heteroatoms. The third-order valence-electron chi connectivity index (χ3n) is 3.90. The molecule has 1 fully saturated rings. The number of nitrogens with one attached hydrogen (secondary N) is 1. The number of esters is 1. The maximum absolute atomic E-state index is 12.0. The van der Waals surface area contributed by atoms with Gasteiger partial charge in [-0.05, 0) is 37.2 Å². The Morgan fingerprint density at radius 1 is 1.33 bits per heavy atom. The second kappa shape index (κ2) is 6.36. The van der Waals surface area contributed by atoms with E-state index < -0.39 is 0 Å². The molecule has 0 spiro atoms. The van der Waals surface area contributed by atoms with Gasteiger partial charge in [-0.1, -0.05) is 20.8 Å². The van der Waals surface area contributed by atoms with Crippen molar-refractivity contribution in [2.24, 2.45) is 0 Å². The Morgan fingerprint density at radius 2 is 1.95 bits per heavy atom. The Morgan fingerprint density at radius 3 is 2.48 bits per heavy atom. The van der Waals surface area contributed by atoms with Gasteiger partial charge < -0.3 is 15.2 Å². The maximum Gasteiger partial charge on any atom is 0.350 e. The summed E-state index contributed by atoms with van der Waals surface area (Å²) >= 11 is 1.50. The summed E-state index contributed by atoms with van der Waals surface area (Å²) in [6.07, 6.45) is 3.34. The van der Waals surface area contributed by atoms with Crippen molar-refractivity contribution >= 4 is 23.0 Å². The van der Waals surface area contributed by atoms with E-state index in [1.165, 1.54) is 23.3 Å². The minimum atomic E-state index is -0.283. The SMILES string of the molecule is COC(=O)c1sc(C(C)(C)C)cc1N[C@H]1CC[C@H](O)CC1. The van der Waals surface area contributed by atoms with Crippen molar-refractivity contribution in [3.63, 3.8) is 0 Å². The Kier molecular flexibility index (Phi) is 4.94. The first-order chi connectivity index (χ1) is 9.81. The van der Waals surface area contributed by atoms with E-state index in [2.05, 4.69) is 32.2 Å². The average molecular weight is 311 g/mol. The lowest BCUT2D eigenvalue weighted by atomic mass is 9.92. The molecule has 2 rings (SSSR count). The summed E-state index contributed by atoms with van der Waals surface area (Å²) in [5.74, 6) is -0.283. The highest BCUT2D eigenvalue weighted by molar-refractivity contribution is 7.14. The summed E-state index contributed by atoms with van der Waals surface area (Å²) in [7, 11) is 1.42. The molecule has 1 heterocycles. The number of aliphatic hydroxyl groups is 1. The molecular weight excluding hydrogens is 286 g/mol. The lowest BCUT2D eigenvalue weighted by molar-refractivity contribution is 0.0607. The highest BCUT2D eigenvalue weighted by Crippen LogP contribution is 2.37. The van der Waals surface area contributed by atoms with Crippen LogP contribution in [0.15, 0.2) is 6.07 Å². The van der Waals surface area contributed by atoms with Crippen molar-refractivity contribution in [3.05, 3.63) is 15.8 Å². The van der Waals surface area contributed by atoms with Crippen molar-refractivity contribution in [3.8, 4) is 0 Å². The molecule has 21 heavy (non-hydrogen) atoms. The first-order valence-corrected chi connectivity index (χ1v) is 8.30. The predicted molar refractivity (Wildman–Crippen MR) is 86.2 cm³/mol. The zero-order chi connectivity index (χ0) is 15.6. The van der Waals surface area contributed by atoms with Gasteiger partial charge in [-0.2, -0.15) is 0 Å². The number of hydrogen-bond acceptors (Lipinski definition) is 5. The second-order valence-corrected chi connectivity index (χ2v) is 7.80. The molecule has 0 atom stereocenters. The molecule has 1 aromatic heterocycles. The average Bonchev–Trinajstić information content (AvgIpc) is 2.84. The van der Waals surface area contributed by atoms with Crippen LogP contribution in [0.3, 0.4) is 0 Å². The minimum absolute atomic E-state index is 0.0100. The van der Waals surface area contributed by atoms with Crippen molar-refractivity contribution in [1.82, 2.24) is 0 Å². The Balaban J connectivity index is 2.20. The van der Waals surface area contributed by atoms with Crippen molar-refractivity contribution in [2.45, 2.75) is 64.0 Å². The molecule has 118 valence electrons. The summed E-state index contributed by atoms with van der Waals surface area (Å²) in [4.78, 5) is 13.8. The van der Waals surface area contributed by atoms with Crippen molar-refractivity contribution < 1.29 is 14.6 Å². The van der Waals surface area contributed by atoms with E-state index >= 15 is 0 Å². The van der Waals surface area contributed by atoms with Crippen LogP contribution in [-0.4, -0.2) is 30.3 Å². The highest BCUT2D eigenvalue weighted by atomic mass is 32.1. The number of ether oxygens (including phenoxy) is 1. The molecule has 0 aromatic carbocycles. The second-order valence-electron chi connectivity index (χ2n) is 6.74. The van der Waals surface area contributed by atoms with Crippen LogP contribution in [0, 0.1) is 0 Å². The van der Waals surface area contributed by atoms with Gasteiger partial charge in [0.25, 0.3) is 0 Å². The molecular formula is C16H25NO3S. The molecule has 1 aromatic rings. The van der Waals surface area contributed by atoms with Crippen molar-refractivity contribution in [1.29, 1.82) is 0 Å². The lowest BCUT2D eigenvalue weighted by Gasteiger charge is -2.27. The zero-order valence-corrected chi connectivity index (χ0v) is 14.0. The van der Waals surface area contributed by atoms with Gasteiger partial charge in [0.05, 0.1) is 18.9 Å². The first-order valence-electron chi connectivity index (χ1n) is 7.48. The topological polar surface area (TPSA) is 58.6 Å². The van der Waals surface area contributed by atoms with E-state index in [0.717, 1.165) is 31.4 Å². The molecule has 1 aliphatic rings. The molecule has 1 saturated carbocycles. The normalized spacial score (nSPS) is 22.9. The number of rotatable bonds is 3. The third kappa shape index (κ3) is 3.98. The highest BCUT2D eigenvalue weighted by Gasteiger charge is 2.26. The molecule has 1 aliphatic carbocycles. The number of thiophene rings is 1. The Bertz CT molecular complexity index is 496. The molecule has 0 radical (unpaired) electrons. The van der Waals surface area contributed by atoms with E-state index in [0.29, 0.717) is 10.9 Å². The van der Waals surface area contributed by atoms with Crippen LogP contribution >= 0.6 is 11.3 Å². The van der Waals surface area contributed by atoms with Gasteiger partial charge in [0, 0.05) is 10.9 Å². The minimum Gasteiger partial charge on any atom is -0.465 e. The smallest absolute Gasteiger partial charge is 0.350 e. The molecule has 0 saturated heterocycles. The summed E-state index contributed by atoms with van der Waals surface area (Å²) < 4.78 is 4.90. The van der Waals surface area contributed by atoms with Crippen LogP contribution in [0.2, 0.25) is 0 Å². The number of hydrogen-bond donors (Lipinski definition) is 2. The van der Waals surface area contributed by atoms with Gasteiger partial charge in [0.15, 0.2) is 0 Å². The first kappa shape index (κ1) is 16.3. The van der Waals surface area contributed by atoms with Crippen molar-refractivity contribution in [2.75, 3.05) is 12.4 Å². The standard InChI is InChI=1S/C16H25NO3S/c1-16(2,3)13-9-12(14(21-13)15(19)20-4)17-10-5-7-11(18)8-6-10/h9-11,17-18H,5-8H2,1-4H3/t10-,11-. The number of anilines is 1. The number of methoxy groups -OCH3 is 1. The molecule has 0 bridgehead atoms. The fourth-order valence-electron chi connectivity index (χ4n) is 2.55. The summed E-state index contributed by atoms with van der Waals surface area (Å²) in [6.45, 7) is 6.42. The van der Waals surface area contributed by atoms with Gasteiger partial charge in [0.1, 0.15) is 4.88 Å². The summed E-state index contributed by atoms with van der Waals surface area (Å²) in [5.41, 5.74) is 0.883. The maximum atomic E-state index is 12.0. The molecule has 4 nitrogen and oxygen atoms in total. The Hall–Kier alpha value is -1.07. The van der Waals surface area contributed by atoms with Crippen LogP contribution in [0.5, 0.6) is 0 Å². The van der Waals surface area contributed by atoms with E-state index in [9.17, 15) is 9.90 Å². The lowest BCUT2D eigenvalue weighted by Crippen LogP contribution is -2.28. The van der Waals surface area contributed by atoms with E-state index in [1.807, 2.05) is 0 Å². The van der Waals surface area contributed by atoms with Crippen LogP contribution < -0.4 is 5.32 Å². The van der Waals surface area contributed by atoms with Gasteiger partial charge >= 0.3 is 5.97 Å². The van der Waals surface area contributed by atoms with E-state index in [1.54, 1.807) is 0 Å². The van der Waals surface area contributed by atoms with Crippen LogP contribution in [-0.2, 0) is 10.2 Å². The van der Waals surface area contributed by atoms with Crippen LogP contribution in [0.1, 0.15) is 61.0 Å². The summed E-state index contributed by atoms with van der Waals surface area (Å²) in [5, 5.41) is 13.1. The van der Waals surface area contributed by atoms with E-state index in [-0.39, 0.29) is 17.5 Å². The molecule has 0 amide bonds.